The van der Waals surface area contributed by atoms with Crippen molar-refractivity contribution in [2.45, 2.75) is 39.3 Å². The molecule has 1 N–H and O–H groups in total. The molecule has 0 bridgehead atoms. The van der Waals surface area contributed by atoms with E-state index in [9.17, 15) is 0 Å². The van der Waals surface area contributed by atoms with Crippen LogP contribution in [0.25, 0.3) is 0 Å². The number of benzene rings is 1. The van der Waals surface area contributed by atoms with Gasteiger partial charge in [0.1, 0.15) is 5.75 Å². The highest BCUT2D eigenvalue weighted by Crippen LogP contribution is 2.34. The Bertz CT molecular complexity index is 452. The molecule has 1 heterocycles. The standard InChI is InChI=1S/C16H25ClN2O/c1-5-11(2)14-10-19(12(3)9-18-14)15-8-13(17)6-7-16(15)20-4/h6-8,11-12,14,18H,5,9-10H2,1-4H3. The number of nitrogens with zero attached hydrogens (tertiary/aromatic N) is 1. The summed E-state index contributed by atoms with van der Waals surface area (Å²) >= 11 is 6.17. The molecule has 2 rings (SSSR count). The fraction of sp³-hybridized carbons (Fsp3) is 0.625. The number of hydrogen-bond acceptors (Lipinski definition) is 3. The molecule has 4 heteroatoms. The van der Waals surface area contributed by atoms with Crippen LogP contribution >= 0.6 is 11.6 Å². The number of piperazine rings is 1. The van der Waals surface area contributed by atoms with E-state index >= 15 is 0 Å². The summed E-state index contributed by atoms with van der Waals surface area (Å²) in [5, 5.41) is 4.41. The van der Waals surface area contributed by atoms with Crippen LogP contribution in [0.5, 0.6) is 5.75 Å². The highest BCUT2D eigenvalue weighted by molar-refractivity contribution is 6.30. The molecule has 1 aliphatic rings. The average Bonchev–Trinajstić information content (AvgIpc) is 2.47. The number of rotatable bonds is 4. The Morgan fingerprint density at radius 3 is 2.90 bits per heavy atom. The summed E-state index contributed by atoms with van der Waals surface area (Å²) in [6.07, 6.45) is 1.19. The van der Waals surface area contributed by atoms with Crippen LogP contribution in [0.4, 0.5) is 5.69 Å². The lowest BCUT2D eigenvalue weighted by atomic mass is 9.95. The van der Waals surface area contributed by atoms with Gasteiger partial charge < -0.3 is 15.0 Å². The Hall–Kier alpha value is -0.930. The van der Waals surface area contributed by atoms with Crippen LogP contribution in [0, 0.1) is 5.92 Å². The van der Waals surface area contributed by atoms with Gasteiger partial charge in [0.05, 0.1) is 12.8 Å². The highest BCUT2D eigenvalue weighted by Gasteiger charge is 2.29. The first kappa shape index (κ1) is 15.5. The number of halogens is 1. The smallest absolute Gasteiger partial charge is 0.142 e. The van der Waals surface area contributed by atoms with Gasteiger partial charge in [0.15, 0.2) is 0 Å². The molecule has 0 spiro atoms. The second-order valence-electron chi connectivity index (χ2n) is 5.72. The third-order valence-corrected chi connectivity index (χ3v) is 4.62. The average molecular weight is 297 g/mol. The van der Waals surface area contributed by atoms with E-state index < -0.39 is 0 Å². The molecule has 0 saturated carbocycles. The third-order valence-electron chi connectivity index (χ3n) is 4.38. The van der Waals surface area contributed by atoms with E-state index in [4.69, 9.17) is 16.3 Å². The lowest BCUT2D eigenvalue weighted by Gasteiger charge is -2.42. The van der Waals surface area contributed by atoms with Crippen molar-refractivity contribution in [1.82, 2.24) is 5.32 Å². The summed E-state index contributed by atoms with van der Waals surface area (Å²) in [5.74, 6) is 1.56. The SMILES string of the molecule is CCC(C)C1CN(c2cc(Cl)ccc2OC)C(C)CN1. The van der Waals surface area contributed by atoms with Crippen LogP contribution in [-0.4, -0.2) is 32.3 Å². The van der Waals surface area contributed by atoms with Crippen LogP contribution in [0.3, 0.4) is 0 Å². The van der Waals surface area contributed by atoms with Crippen LogP contribution in [0.15, 0.2) is 18.2 Å². The molecule has 112 valence electrons. The number of hydrogen-bond donors (Lipinski definition) is 1. The summed E-state index contributed by atoms with van der Waals surface area (Å²) in [6, 6.07) is 6.78. The molecule has 0 aliphatic carbocycles. The molecule has 20 heavy (non-hydrogen) atoms. The first-order valence-corrected chi connectivity index (χ1v) is 7.78. The van der Waals surface area contributed by atoms with Crippen molar-refractivity contribution in [3.63, 3.8) is 0 Å². The quantitative estimate of drug-likeness (QED) is 0.919. The van der Waals surface area contributed by atoms with Gasteiger partial charge >= 0.3 is 0 Å². The second kappa shape index (κ2) is 6.68. The Balaban J connectivity index is 2.27. The van der Waals surface area contributed by atoms with Gasteiger partial charge in [0.25, 0.3) is 0 Å². The Kier molecular flexibility index (Phi) is 5.17. The van der Waals surface area contributed by atoms with Gasteiger partial charge in [-0.3, -0.25) is 0 Å². The zero-order valence-corrected chi connectivity index (χ0v) is 13.6. The largest absolute Gasteiger partial charge is 0.495 e. The molecular formula is C16H25ClN2O. The van der Waals surface area contributed by atoms with Gasteiger partial charge in [-0.1, -0.05) is 31.9 Å². The number of methoxy groups -OCH3 is 1. The van der Waals surface area contributed by atoms with Crippen LogP contribution < -0.4 is 15.0 Å². The lowest BCUT2D eigenvalue weighted by molar-refractivity contribution is 0.313. The minimum absolute atomic E-state index is 0.433. The summed E-state index contributed by atoms with van der Waals surface area (Å²) in [6.45, 7) is 8.77. The minimum atomic E-state index is 0.433. The zero-order chi connectivity index (χ0) is 14.7. The summed E-state index contributed by atoms with van der Waals surface area (Å²) in [5.41, 5.74) is 1.10. The minimum Gasteiger partial charge on any atom is -0.495 e. The van der Waals surface area contributed by atoms with E-state index in [0.717, 1.165) is 29.5 Å². The van der Waals surface area contributed by atoms with Crippen molar-refractivity contribution in [3.05, 3.63) is 23.2 Å². The van der Waals surface area contributed by atoms with Crippen LogP contribution in [0.2, 0.25) is 5.02 Å². The van der Waals surface area contributed by atoms with E-state index in [0.29, 0.717) is 18.0 Å². The Morgan fingerprint density at radius 1 is 1.50 bits per heavy atom. The molecule has 1 aromatic carbocycles. The van der Waals surface area contributed by atoms with Gasteiger partial charge in [0.2, 0.25) is 0 Å². The molecule has 0 radical (unpaired) electrons. The molecule has 1 aromatic rings. The van der Waals surface area contributed by atoms with Crippen LogP contribution in [-0.2, 0) is 0 Å². The van der Waals surface area contributed by atoms with Gasteiger partial charge in [-0.05, 0) is 31.0 Å². The fourth-order valence-corrected chi connectivity index (χ4v) is 2.94. The van der Waals surface area contributed by atoms with Gasteiger partial charge in [-0.2, -0.15) is 0 Å². The summed E-state index contributed by atoms with van der Waals surface area (Å²) in [4.78, 5) is 2.41. The van der Waals surface area contributed by atoms with Gasteiger partial charge in [-0.15, -0.1) is 0 Å². The maximum Gasteiger partial charge on any atom is 0.142 e. The van der Waals surface area contributed by atoms with E-state index in [-0.39, 0.29) is 0 Å². The van der Waals surface area contributed by atoms with E-state index in [1.54, 1.807) is 7.11 Å². The van der Waals surface area contributed by atoms with Crippen LogP contribution in [0.1, 0.15) is 27.2 Å². The highest BCUT2D eigenvalue weighted by atomic mass is 35.5. The predicted molar refractivity (Wildman–Crippen MR) is 86.1 cm³/mol. The number of ether oxygens (including phenoxy) is 1. The summed E-state index contributed by atoms with van der Waals surface area (Å²) in [7, 11) is 1.71. The normalized spacial score (nSPS) is 24.6. The molecule has 0 amide bonds. The maximum atomic E-state index is 6.17. The Morgan fingerprint density at radius 2 is 2.25 bits per heavy atom. The molecular weight excluding hydrogens is 272 g/mol. The van der Waals surface area contributed by atoms with E-state index in [1.165, 1.54) is 6.42 Å². The number of anilines is 1. The molecule has 0 aromatic heterocycles. The maximum absolute atomic E-state index is 6.17. The number of nitrogens with one attached hydrogen (secondary N) is 1. The predicted octanol–water partition coefficient (Wildman–Crippen LogP) is 3.56. The lowest BCUT2D eigenvalue weighted by Crippen LogP contribution is -2.57. The van der Waals surface area contributed by atoms with Gasteiger partial charge in [-0.25, -0.2) is 0 Å². The van der Waals surface area contributed by atoms with Crippen molar-refractivity contribution in [3.8, 4) is 5.75 Å². The molecule has 1 aliphatic heterocycles. The third kappa shape index (κ3) is 3.21. The van der Waals surface area contributed by atoms with Crippen molar-refractivity contribution >= 4 is 17.3 Å². The monoisotopic (exact) mass is 296 g/mol. The fourth-order valence-electron chi connectivity index (χ4n) is 2.78. The second-order valence-corrected chi connectivity index (χ2v) is 6.15. The first-order valence-electron chi connectivity index (χ1n) is 7.40. The van der Waals surface area contributed by atoms with E-state index in [2.05, 4.69) is 31.0 Å². The van der Waals surface area contributed by atoms with Gasteiger partial charge in [0, 0.05) is 30.2 Å². The molecule has 3 unspecified atom stereocenters. The molecule has 3 atom stereocenters. The Labute approximate surface area is 127 Å². The van der Waals surface area contributed by atoms with Crippen molar-refractivity contribution in [2.24, 2.45) is 5.92 Å². The molecule has 3 nitrogen and oxygen atoms in total. The van der Waals surface area contributed by atoms with Crippen molar-refractivity contribution < 1.29 is 4.74 Å². The molecule has 1 saturated heterocycles. The topological polar surface area (TPSA) is 24.5 Å². The molecule has 1 fully saturated rings. The van der Waals surface area contributed by atoms with E-state index in [1.807, 2.05) is 18.2 Å². The summed E-state index contributed by atoms with van der Waals surface area (Å²) < 4.78 is 5.50. The zero-order valence-electron chi connectivity index (χ0n) is 12.8. The first-order chi connectivity index (χ1) is 9.56. The van der Waals surface area contributed by atoms with Crippen molar-refractivity contribution in [2.75, 3.05) is 25.1 Å². The van der Waals surface area contributed by atoms with Crippen molar-refractivity contribution in [1.29, 1.82) is 0 Å².